The maximum atomic E-state index is 2.40. The number of fused-ring (bicyclic) bond motifs is 6. The molecule has 0 bridgehead atoms. The third kappa shape index (κ3) is 4.34. The standard InChI is InChI=1S/C46H36S/c1-45(2)39-11-7-5-9-35(39)37-23-21-33(27-41(37)45)29-13-17-31(18-14-29)43-25-26-44(47-43)32-19-15-30(16-20-32)34-22-24-38-36-10-6-8-12-40(36)46(3,4)42(38)28-34/h5-28H,1-4H3. The Labute approximate surface area is 282 Å². The van der Waals surface area contributed by atoms with Gasteiger partial charge in [-0.3, -0.25) is 0 Å². The normalized spacial score (nSPS) is 14.7. The van der Waals surface area contributed by atoms with Gasteiger partial charge in [-0.25, -0.2) is 0 Å². The van der Waals surface area contributed by atoms with E-state index in [0.717, 1.165) is 0 Å². The van der Waals surface area contributed by atoms with Crippen molar-refractivity contribution < 1.29 is 0 Å². The van der Waals surface area contributed by atoms with E-state index in [2.05, 4.69) is 173 Å². The van der Waals surface area contributed by atoms with Crippen molar-refractivity contribution >= 4 is 11.3 Å². The molecule has 0 saturated heterocycles. The van der Waals surface area contributed by atoms with Crippen molar-refractivity contribution in [1.82, 2.24) is 0 Å². The Bertz CT molecular complexity index is 2160. The molecule has 0 unspecified atom stereocenters. The van der Waals surface area contributed by atoms with Crippen LogP contribution in [0.25, 0.3) is 65.4 Å². The number of hydrogen-bond acceptors (Lipinski definition) is 1. The monoisotopic (exact) mass is 620 g/mol. The molecular weight excluding hydrogens is 585 g/mol. The highest BCUT2D eigenvalue weighted by molar-refractivity contribution is 7.18. The minimum atomic E-state index is 0.0120. The number of thiophene rings is 1. The van der Waals surface area contributed by atoms with Crippen LogP contribution in [0.1, 0.15) is 49.9 Å². The van der Waals surface area contributed by atoms with Crippen molar-refractivity contribution in [2.75, 3.05) is 0 Å². The zero-order valence-corrected chi connectivity index (χ0v) is 28.1. The van der Waals surface area contributed by atoms with Crippen molar-refractivity contribution in [2.45, 2.75) is 38.5 Å². The zero-order chi connectivity index (χ0) is 31.9. The lowest BCUT2D eigenvalue weighted by molar-refractivity contribution is 0.660. The van der Waals surface area contributed by atoms with Crippen LogP contribution in [0.5, 0.6) is 0 Å². The van der Waals surface area contributed by atoms with Gasteiger partial charge in [-0.1, -0.05) is 149 Å². The molecule has 1 aromatic heterocycles. The molecule has 0 atom stereocenters. The molecule has 0 N–H and O–H groups in total. The van der Waals surface area contributed by atoms with E-state index in [9.17, 15) is 0 Å². The summed E-state index contributed by atoms with van der Waals surface area (Å²) in [5.74, 6) is 0. The summed E-state index contributed by atoms with van der Waals surface area (Å²) in [5, 5.41) is 0. The zero-order valence-electron chi connectivity index (χ0n) is 27.3. The largest absolute Gasteiger partial charge is 0.135 e. The molecule has 1 heterocycles. The molecule has 226 valence electrons. The van der Waals surface area contributed by atoms with Gasteiger partial charge in [-0.05, 0) is 102 Å². The van der Waals surface area contributed by atoms with E-state index in [-0.39, 0.29) is 10.8 Å². The molecule has 1 heteroatoms. The quantitative estimate of drug-likeness (QED) is 0.184. The second-order valence-electron chi connectivity index (χ2n) is 14.2. The maximum Gasteiger partial charge on any atom is 0.0349 e. The van der Waals surface area contributed by atoms with Crippen LogP contribution in [0.15, 0.2) is 146 Å². The van der Waals surface area contributed by atoms with Crippen molar-refractivity contribution in [3.63, 3.8) is 0 Å². The van der Waals surface area contributed by atoms with Crippen LogP contribution in [0.2, 0.25) is 0 Å². The van der Waals surface area contributed by atoms with Crippen LogP contribution < -0.4 is 0 Å². The van der Waals surface area contributed by atoms with E-state index in [0.29, 0.717) is 0 Å². The van der Waals surface area contributed by atoms with Gasteiger partial charge in [0, 0.05) is 20.6 Å². The smallest absolute Gasteiger partial charge is 0.0349 e. The summed E-state index contributed by atoms with van der Waals surface area (Å²) in [5.41, 5.74) is 18.8. The number of benzene rings is 6. The predicted molar refractivity (Wildman–Crippen MR) is 201 cm³/mol. The molecule has 2 aliphatic carbocycles. The first-order valence-corrected chi connectivity index (χ1v) is 17.4. The van der Waals surface area contributed by atoms with Crippen LogP contribution in [0.3, 0.4) is 0 Å². The van der Waals surface area contributed by atoms with Crippen LogP contribution in [0.4, 0.5) is 0 Å². The summed E-state index contributed by atoms with van der Waals surface area (Å²) < 4.78 is 0. The first-order chi connectivity index (χ1) is 22.8. The summed E-state index contributed by atoms with van der Waals surface area (Å²) in [6, 6.07) is 54.4. The summed E-state index contributed by atoms with van der Waals surface area (Å²) in [4.78, 5) is 2.59. The minimum absolute atomic E-state index is 0.0120. The van der Waals surface area contributed by atoms with Crippen LogP contribution in [-0.2, 0) is 10.8 Å². The Balaban J connectivity index is 0.951. The molecule has 0 radical (unpaired) electrons. The molecule has 2 aliphatic rings. The fourth-order valence-electron chi connectivity index (χ4n) is 8.07. The molecule has 0 spiro atoms. The molecule has 47 heavy (non-hydrogen) atoms. The molecule has 0 saturated carbocycles. The summed E-state index contributed by atoms with van der Waals surface area (Å²) in [6.45, 7) is 9.39. The molecular formula is C46H36S. The van der Waals surface area contributed by atoms with Gasteiger partial charge < -0.3 is 0 Å². The van der Waals surface area contributed by atoms with E-state index < -0.39 is 0 Å². The van der Waals surface area contributed by atoms with Gasteiger partial charge in [0.25, 0.3) is 0 Å². The van der Waals surface area contributed by atoms with Gasteiger partial charge in [-0.2, -0.15) is 0 Å². The van der Waals surface area contributed by atoms with Crippen LogP contribution in [0, 0.1) is 0 Å². The van der Waals surface area contributed by atoms with E-state index in [1.165, 1.54) is 87.6 Å². The van der Waals surface area contributed by atoms with Crippen molar-refractivity contribution in [3.05, 3.63) is 168 Å². The third-order valence-electron chi connectivity index (χ3n) is 10.8. The average molecular weight is 621 g/mol. The van der Waals surface area contributed by atoms with Gasteiger partial charge in [0.05, 0.1) is 0 Å². The second-order valence-corrected chi connectivity index (χ2v) is 15.3. The highest BCUT2D eigenvalue weighted by Crippen LogP contribution is 2.51. The summed E-state index contributed by atoms with van der Waals surface area (Å²) in [7, 11) is 0. The van der Waals surface area contributed by atoms with Gasteiger partial charge in [0.1, 0.15) is 0 Å². The van der Waals surface area contributed by atoms with E-state index in [1.807, 2.05) is 11.3 Å². The average Bonchev–Trinajstić information content (AvgIpc) is 3.76. The Hall–Kier alpha value is -4.98. The minimum Gasteiger partial charge on any atom is -0.135 e. The Kier molecular flexibility index (Phi) is 6.17. The molecule has 6 aromatic carbocycles. The highest BCUT2D eigenvalue weighted by atomic mass is 32.1. The molecule has 0 amide bonds. The van der Waals surface area contributed by atoms with Gasteiger partial charge >= 0.3 is 0 Å². The van der Waals surface area contributed by atoms with E-state index in [1.54, 1.807) is 0 Å². The Morgan fingerprint density at radius 2 is 0.660 bits per heavy atom. The topological polar surface area (TPSA) is 0 Å². The second kappa shape index (κ2) is 10.3. The maximum absolute atomic E-state index is 2.40. The van der Waals surface area contributed by atoms with Gasteiger partial charge in [-0.15, -0.1) is 11.3 Å². The number of rotatable bonds is 4. The molecule has 0 aliphatic heterocycles. The van der Waals surface area contributed by atoms with E-state index >= 15 is 0 Å². The molecule has 9 rings (SSSR count). The molecule has 0 nitrogen and oxygen atoms in total. The SMILES string of the molecule is CC1(C)c2ccccc2-c2ccc(-c3ccc(-c4ccc(-c5ccc(-c6ccc7c(c6)C(C)(C)c6ccccc6-7)cc5)s4)cc3)cc21. The van der Waals surface area contributed by atoms with Crippen molar-refractivity contribution in [1.29, 1.82) is 0 Å². The molecule has 7 aromatic rings. The Morgan fingerprint density at radius 3 is 1.09 bits per heavy atom. The lowest BCUT2D eigenvalue weighted by Crippen LogP contribution is -2.14. The fraction of sp³-hybridized carbons (Fsp3) is 0.130. The summed E-state index contributed by atoms with van der Waals surface area (Å²) >= 11 is 1.86. The van der Waals surface area contributed by atoms with Gasteiger partial charge in [0.2, 0.25) is 0 Å². The lowest BCUT2D eigenvalue weighted by atomic mass is 9.81. The fourth-order valence-corrected chi connectivity index (χ4v) is 9.09. The van der Waals surface area contributed by atoms with Gasteiger partial charge in [0.15, 0.2) is 0 Å². The highest BCUT2D eigenvalue weighted by Gasteiger charge is 2.36. The first-order valence-electron chi connectivity index (χ1n) is 16.6. The number of hydrogen-bond donors (Lipinski definition) is 0. The van der Waals surface area contributed by atoms with Crippen LogP contribution >= 0.6 is 11.3 Å². The lowest BCUT2D eigenvalue weighted by Gasteiger charge is -2.22. The predicted octanol–water partition coefficient (Wildman–Crippen LogP) is 13.0. The van der Waals surface area contributed by atoms with Crippen molar-refractivity contribution in [2.24, 2.45) is 0 Å². The molecule has 0 fully saturated rings. The third-order valence-corrected chi connectivity index (χ3v) is 12.0. The van der Waals surface area contributed by atoms with Crippen LogP contribution in [-0.4, -0.2) is 0 Å². The Morgan fingerprint density at radius 1 is 0.319 bits per heavy atom. The first kappa shape index (κ1) is 28.3. The van der Waals surface area contributed by atoms with E-state index in [4.69, 9.17) is 0 Å². The van der Waals surface area contributed by atoms with Crippen molar-refractivity contribution in [3.8, 4) is 65.4 Å². The summed E-state index contributed by atoms with van der Waals surface area (Å²) in [6.07, 6.45) is 0.